The van der Waals surface area contributed by atoms with Gasteiger partial charge < -0.3 is 14.4 Å². The van der Waals surface area contributed by atoms with Gasteiger partial charge in [0.25, 0.3) is 0 Å². The van der Waals surface area contributed by atoms with E-state index in [2.05, 4.69) is 5.16 Å². The molecule has 0 saturated heterocycles. The van der Waals surface area contributed by atoms with Crippen LogP contribution in [0.2, 0.25) is 0 Å². The Kier molecular flexibility index (Phi) is 4.45. The van der Waals surface area contributed by atoms with Gasteiger partial charge in [-0.25, -0.2) is 0 Å². The first-order chi connectivity index (χ1) is 7.54. The first kappa shape index (κ1) is 12.7. The quantitative estimate of drug-likeness (QED) is 0.773. The highest BCUT2D eigenvalue weighted by atomic mass is 16.5. The lowest BCUT2D eigenvalue weighted by atomic mass is 10.2. The number of likely N-dealkylation sites (N-methyl/N-ethyl adjacent to an activating group) is 1. The monoisotopic (exact) mass is 228 g/mol. The number of hydrogen-bond acceptors (Lipinski definition) is 5. The molecule has 1 heterocycles. The van der Waals surface area contributed by atoms with Crippen LogP contribution in [0, 0.1) is 0 Å². The Balaban J connectivity index is 2.55. The lowest BCUT2D eigenvalue weighted by molar-refractivity contribution is -0.142. The second-order valence-electron chi connectivity index (χ2n) is 3.65. The third kappa shape index (κ3) is 3.32. The Morgan fingerprint density at radius 1 is 1.75 bits per heavy atom. The van der Waals surface area contributed by atoms with Crippen LogP contribution in [0.4, 0.5) is 0 Å². The van der Waals surface area contributed by atoms with Gasteiger partial charge in [-0.15, -0.1) is 0 Å². The molecule has 0 fully saturated rings. The van der Waals surface area contributed by atoms with Crippen molar-refractivity contribution in [3.05, 3.63) is 17.5 Å². The summed E-state index contributed by atoms with van der Waals surface area (Å²) in [7, 11) is 3.30. The fourth-order valence-electron chi connectivity index (χ4n) is 1.22. The van der Waals surface area contributed by atoms with Crippen LogP contribution in [0.3, 0.4) is 0 Å². The maximum absolute atomic E-state index is 10.7. The third-order valence-electron chi connectivity index (χ3n) is 2.32. The maximum Gasteiger partial charge on any atom is 0.320 e. The zero-order chi connectivity index (χ0) is 12.1. The zero-order valence-electron chi connectivity index (χ0n) is 9.64. The van der Waals surface area contributed by atoms with Gasteiger partial charge in [-0.2, -0.15) is 0 Å². The van der Waals surface area contributed by atoms with Gasteiger partial charge in [-0.3, -0.25) is 9.69 Å². The number of methoxy groups -OCH3 is 1. The summed E-state index contributed by atoms with van der Waals surface area (Å²) < 4.78 is 9.89. The van der Waals surface area contributed by atoms with Crippen LogP contribution in [-0.2, 0) is 22.7 Å². The van der Waals surface area contributed by atoms with Crippen LogP contribution in [0.5, 0.6) is 0 Å². The van der Waals surface area contributed by atoms with E-state index in [9.17, 15) is 4.79 Å². The van der Waals surface area contributed by atoms with E-state index in [4.69, 9.17) is 14.4 Å². The van der Waals surface area contributed by atoms with Gasteiger partial charge >= 0.3 is 5.97 Å². The molecule has 1 aromatic rings. The van der Waals surface area contributed by atoms with E-state index >= 15 is 0 Å². The van der Waals surface area contributed by atoms with E-state index in [1.165, 1.54) is 0 Å². The highest BCUT2D eigenvalue weighted by Gasteiger charge is 2.18. The summed E-state index contributed by atoms with van der Waals surface area (Å²) >= 11 is 0. The predicted molar refractivity (Wildman–Crippen MR) is 55.8 cm³/mol. The average molecular weight is 228 g/mol. The van der Waals surface area contributed by atoms with E-state index in [1.54, 1.807) is 32.0 Å². The highest BCUT2D eigenvalue weighted by Crippen LogP contribution is 2.08. The Morgan fingerprint density at radius 3 is 3.00 bits per heavy atom. The summed E-state index contributed by atoms with van der Waals surface area (Å²) in [5, 5.41) is 12.6. The van der Waals surface area contributed by atoms with Crippen LogP contribution < -0.4 is 0 Å². The first-order valence-electron chi connectivity index (χ1n) is 4.91. The van der Waals surface area contributed by atoms with Gasteiger partial charge in [-0.05, 0) is 14.0 Å². The van der Waals surface area contributed by atoms with Gasteiger partial charge in [0.2, 0.25) is 0 Å². The Hall–Kier alpha value is -1.40. The molecule has 0 aliphatic carbocycles. The second-order valence-corrected chi connectivity index (χ2v) is 3.65. The fourth-order valence-corrected chi connectivity index (χ4v) is 1.22. The number of aliphatic carboxylic acids is 1. The smallest absolute Gasteiger partial charge is 0.320 e. The molecule has 0 spiro atoms. The molecule has 1 unspecified atom stereocenters. The minimum Gasteiger partial charge on any atom is -0.480 e. The predicted octanol–water partition coefficient (Wildman–Crippen LogP) is 0.726. The lowest BCUT2D eigenvalue weighted by Gasteiger charge is -2.19. The molecule has 0 aliphatic rings. The topological polar surface area (TPSA) is 75.8 Å². The number of carbonyl (C=O) groups is 1. The SMILES string of the molecule is COCc1cc(CN(C)C(C)C(=O)O)no1. The standard InChI is InChI=1S/C10H16N2O4/c1-7(10(13)14)12(2)5-8-4-9(6-15-3)16-11-8/h4,7H,5-6H2,1-3H3,(H,13,14). The van der Waals surface area contributed by atoms with Crippen LogP contribution >= 0.6 is 0 Å². The number of rotatable bonds is 6. The molecule has 6 nitrogen and oxygen atoms in total. The minimum atomic E-state index is -0.858. The molecule has 90 valence electrons. The molecular formula is C10H16N2O4. The molecule has 0 bridgehead atoms. The van der Waals surface area contributed by atoms with Crippen molar-refractivity contribution < 1.29 is 19.2 Å². The van der Waals surface area contributed by atoms with Gasteiger partial charge in [-0.1, -0.05) is 5.16 Å². The minimum absolute atomic E-state index is 0.366. The van der Waals surface area contributed by atoms with Crippen LogP contribution in [0.1, 0.15) is 18.4 Å². The van der Waals surface area contributed by atoms with E-state index < -0.39 is 12.0 Å². The molecule has 1 aromatic heterocycles. The molecule has 0 saturated carbocycles. The molecule has 1 rings (SSSR count). The molecule has 1 atom stereocenters. The maximum atomic E-state index is 10.7. The molecule has 0 amide bonds. The third-order valence-corrected chi connectivity index (χ3v) is 2.32. The Morgan fingerprint density at radius 2 is 2.44 bits per heavy atom. The van der Waals surface area contributed by atoms with Crippen molar-refractivity contribution in [2.75, 3.05) is 14.2 Å². The number of carboxylic acid groups (broad SMARTS) is 1. The summed E-state index contributed by atoms with van der Waals surface area (Å²) in [4.78, 5) is 12.4. The summed E-state index contributed by atoms with van der Waals surface area (Å²) in [5.41, 5.74) is 0.697. The van der Waals surface area contributed by atoms with Crippen LogP contribution in [-0.4, -0.2) is 41.3 Å². The van der Waals surface area contributed by atoms with Crippen LogP contribution in [0.25, 0.3) is 0 Å². The number of carboxylic acids is 1. The van der Waals surface area contributed by atoms with Crippen molar-refractivity contribution in [3.8, 4) is 0 Å². The van der Waals surface area contributed by atoms with Crippen LogP contribution in [0.15, 0.2) is 10.6 Å². The van der Waals surface area contributed by atoms with E-state index in [0.29, 0.717) is 24.6 Å². The van der Waals surface area contributed by atoms with E-state index in [0.717, 1.165) is 0 Å². The van der Waals surface area contributed by atoms with Gasteiger partial charge in [0.1, 0.15) is 12.6 Å². The van der Waals surface area contributed by atoms with Crippen molar-refractivity contribution in [3.63, 3.8) is 0 Å². The molecule has 0 radical (unpaired) electrons. The van der Waals surface area contributed by atoms with E-state index in [1.807, 2.05) is 0 Å². The zero-order valence-corrected chi connectivity index (χ0v) is 9.64. The highest BCUT2D eigenvalue weighted by molar-refractivity contribution is 5.72. The molecule has 0 aromatic carbocycles. The Labute approximate surface area is 93.8 Å². The summed E-state index contributed by atoms with van der Waals surface area (Å²) in [6, 6.07) is 1.21. The number of ether oxygens (including phenoxy) is 1. The number of aromatic nitrogens is 1. The number of hydrogen-bond donors (Lipinski definition) is 1. The molecule has 6 heteroatoms. The average Bonchev–Trinajstić information content (AvgIpc) is 2.65. The summed E-state index contributed by atoms with van der Waals surface area (Å²) in [6.45, 7) is 2.42. The van der Waals surface area contributed by atoms with Gasteiger partial charge in [0.15, 0.2) is 5.76 Å². The van der Waals surface area contributed by atoms with Crippen molar-refractivity contribution in [1.29, 1.82) is 0 Å². The van der Waals surface area contributed by atoms with Crippen molar-refractivity contribution in [1.82, 2.24) is 10.1 Å². The molecular weight excluding hydrogens is 212 g/mol. The fraction of sp³-hybridized carbons (Fsp3) is 0.600. The molecule has 0 aliphatic heterocycles. The lowest BCUT2D eigenvalue weighted by Crippen LogP contribution is -2.35. The van der Waals surface area contributed by atoms with Crippen molar-refractivity contribution in [2.45, 2.75) is 26.1 Å². The van der Waals surface area contributed by atoms with Crippen molar-refractivity contribution >= 4 is 5.97 Å². The summed E-state index contributed by atoms with van der Waals surface area (Å²) in [6.07, 6.45) is 0. The largest absolute Gasteiger partial charge is 0.480 e. The normalized spacial score (nSPS) is 13.0. The molecule has 1 N–H and O–H groups in total. The first-order valence-corrected chi connectivity index (χ1v) is 4.91. The summed E-state index contributed by atoms with van der Waals surface area (Å²) in [5.74, 6) is -0.225. The number of nitrogens with zero attached hydrogens (tertiary/aromatic N) is 2. The Bertz CT molecular complexity index is 350. The molecule has 16 heavy (non-hydrogen) atoms. The van der Waals surface area contributed by atoms with Gasteiger partial charge in [0, 0.05) is 19.7 Å². The second kappa shape index (κ2) is 5.62. The van der Waals surface area contributed by atoms with Crippen molar-refractivity contribution in [2.24, 2.45) is 0 Å². The van der Waals surface area contributed by atoms with E-state index in [-0.39, 0.29) is 0 Å². The van der Waals surface area contributed by atoms with Gasteiger partial charge in [0.05, 0.1) is 5.69 Å².